The Morgan fingerprint density at radius 3 is 2.48 bits per heavy atom. The van der Waals surface area contributed by atoms with Crippen molar-refractivity contribution in [1.82, 2.24) is 14.6 Å². The zero-order chi connectivity index (χ0) is 19.6. The van der Waals surface area contributed by atoms with Gasteiger partial charge in [-0.05, 0) is 59.9 Å². The first-order chi connectivity index (χ1) is 14.0. The monoisotopic (exact) mass is 392 g/mol. The molecule has 4 aliphatic rings. The first kappa shape index (κ1) is 17.1. The van der Waals surface area contributed by atoms with Crippen LogP contribution in [0.1, 0.15) is 37.3 Å². The summed E-state index contributed by atoms with van der Waals surface area (Å²) < 4.78 is 29.6. The standard InChI is InChI=1S/C23H22F2N4/c24-17-7-16(8-18(25)9-17)20-5-6-27-29(20)14-23-10-22(11-23,12-23)13-28-15-26-19-3-1-2-4-21(19)28/h1-4,6-9,15,20H,5,10-14H2. The van der Waals surface area contributed by atoms with Crippen LogP contribution >= 0.6 is 0 Å². The van der Waals surface area contributed by atoms with Gasteiger partial charge < -0.3 is 4.57 Å². The van der Waals surface area contributed by atoms with Crippen LogP contribution in [0.4, 0.5) is 8.78 Å². The quantitative estimate of drug-likeness (QED) is 0.618. The summed E-state index contributed by atoms with van der Waals surface area (Å²) in [5.41, 5.74) is 3.58. The Kier molecular flexibility index (Phi) is 3.47. The fourth-order valence-corrected chi connectivity index (χ4v) is 6.09. The molecule has 3 aromatic rings. The van der Waals surface area contributed by atoms with Crippen LogP contribution in [0.3, 0.4) is 0 Å². The molecule has 3 aliphatic carbocycles. The van der Waals surface area contributed by atoms with Crippen molar-refractivity contribution in [3.63, 3.8) is 0 Å². The SMILES string of the molecule is Fc1cc(F)cc(C2CC=NN2CC23CC(Cn4cnc5ccccc54)(C2)C3)c1. The third-order valence-electron chi connectivity index (χ3n) is 6.97. The average Bonchev–Trinajstić information content (AvgIpc) is 3.25. The van der Waals surface area contributed by atoms with Crippen LogP contribution in [0.5, 0.6) is 0 Å². The van der Waals surface area contributed by atoms with Crippen molar-refractivity contribution in [2.45, 2.75) is 38.3 Å². The number of aromatic nitrogens is 2. The fraction of sp³-hybridized carbons (Fsp3) is 0.391. The number of hydrogen-bond acceptors (Lipinski definition) is 3. The first-order valence-electron chi connectivity index (χ1n) is 10.2. The maximum atomic E-state index is 13.7. The molecule has 2 bridgehead atoms. The van der Waals surface area contributed by atoms with Gasteiger partial charge in [0.05, 0.1) is 23.4 Å². The van der Waals surface area contributed by atoms with Crippen LogP contribution in [0.2, 0.25) is 0 Å². The van der Waals surface area contributed by atoms with E-state index in [4.69, 9.17) is 0 Å². The molecule has 29 heavy (non-hydrogen) atoms. The summed E-state index contributed by atoms with van der Waals surface area (Å²) in [6, 6.07) is 12.0. The average molecular weight is 392 g/mol. The minimum absolute atomic E-state index is 0.0669. The summed E-state index contributed by atoms with van der Waals surface area (Å²) in [6.07, 6.45) is 8.07. The lowest BCUT2D eigenvalue weighted by Crippen LogP contribution is -2.66. The summed E-state index contributed by atoms with van der Waals surface area (Å²) in [5, 5.41) is 6.58. The van der Waals surface area contributed by atoms with Crippen molar-refractivity contribution >= 4 is 17.2 Å². The van der Waals surface area contributed by atoms with Gasteiger partial charge in [-0.1, -0.05) is 12.1 Å². The van der Waals surface area contributed by atoms with Gasteiger partial charge in [-0.25, -0.2) is 13.8 Å². The van der Waals surface area contributed by atoms with Crippen molar-refractivity contribution in [2.75, 3.05) is 6.54 Å². The van der Waals surface area contributed by atoms with Gasteiger partial charge in [0.25, 0.3) is 0 Å². The number of hydrazone groups is 1. The highest BCUT2D eigenvalue weighted by Crippen LogP contribution is 2.74. The van der Waals surface area contributed by atoms with E-state index >= 15 is 0 Å². The van der Waals surface area contributed by atoms with Gasteiger partial charge in [0, 0.05) is 31.8 Å². The van der Waals surface area contributed by atoms with Crippen LogP contribution in [-0.4, -0.2) is 27.3 Å². The number of fused-ring (bicyclic) bond motifs is 1. The normalized spacial score (nSPS) is 29.9. The van der Waals surface area contributed by atoms with Crippen molar-refractivity contribution in [1.29, 1.82) is 0 Å². The highest BCUT2D eigenvalue weighted by molar-refractivity contribution is 5.75. The van der Waals surface area contributed by atoms with Gasteiger partial charge in [-0.2, -0.15) is 5.10 Å². The van der Waals surface area contributed by atoms with Gasteiger partial charge in [0.1, 0.15) is 11.6 Å². The molecule has 148 valence electrons. The Bertz CT molecular complexity index is 1090. The van der Waals surface area contributed by atoms with Gasteiger partial charge in [-0.3, -0.25) is 5.01 Å². The molecule has 0 radical (unpaired) electrons. The van der Waals surface area contributed by atoms with Gasteiger partial charge in [0.15, 0.2) is 0 Å². The predicted molar refractivity (Wildman–Crippen MR) is 107 cm³/mol. The molecule has 3 fully saturated rings. The predicted octanol–water partition coefficient (Wildman–Crippen LogP) is 4.92. The molecule has 1 aromatic heterocycles. The van der Waals surface area contributed by atoms with Crippen molar-refractivity contribution in [3.8, 4) is 0 Å². The summed E-state index contributed by atoms with van der Waals surface area (Å²) in [7, 11) is 0. The first-order valence-corrected chi connectivity index (χ1v) is 10.2. The van der Waals surface area contributed by atoms with Crippen molar-refractivity contribution in [3.05, 3.63) is 66.0 Å². The molecule has 1 atom stereocenters. The Labute approximate surface area is 167 Å². The molecule has 0 spiro atoms. The minimum Gasteiger partial charge on any atom is -0.330 e. The molecular weight excluding hydrogens is 370 g/mol. The van der Waals surface area contributed by atoms with Gasteiger partial charge >= 0.3 is 0 Å². The number of halogens is 2. The third kappa shape index (κ3) is 2.69. The van der Waals surface area contributed by atoms with E-state index in [1.807, 2.05) is 23.6 Å². The van der Waals surface area contributed by atoms with Gasteiger partial charge in [-0.15, -0.1) is 0 Å². The highest BCUT2D eigenvalue weighted by Gasteiger charge is 2.68. The second kappa shape index (κ2) is 5.88. The number of imidazole rings is 1. The molecule has 0 N–H and O–H groups in total. The minimum atomic E-state index is -0.524. The van der Waals surface area contributed by atoms with Crippen LogP contribution < -0.4 is 0 Å². The maximum Gasteiger partial charge on any atom is 0.126 e. The molecule has 0 saturated heterocycles. The Hall–Kier alpha value is -2.76. The largest absolute Gasteiger partial charge is 0.330 e. The van der Waals surface area contributed by atoms with E-state index in [9.17, 15) is 8.78 Å². The Morgan fingerprint density at radius 1 is 0.966 bits per heavy atom. The number of rotatable bonds is 5. The van der Waals surface area contributed by atoms with Crippen LogP contribution in [0.15, 0.2) is 53.9 Å². The summed E-state index contributed by atoms with van der Waals surface area (Å²) in [5.74, 6) is -1.05. The van der Waals surface area contributed by atoms with Crippen LogP contribution in [0, 0.1) is 22.5 Å². The molecule has 1 unspecified atom stereocenters. The number of hydrogen-bond donors (Lipinski definition) is 0. The molecule has 2 heterocycles. The molecular formula is C23H22F2N4. The topological polar surface area (TPSA) is 33.4 Å². The van der Waals surface area contributed by atoms with E-state index < -0.39 is 11.6 Å². The molecule has 0 amide bonds. The molecule has 1 aliphatic heterocycles. The lowest BCUT2D eigenvalue weighted by Gasteiger charge is -2.71. The number of nitrogens with zero attached hydrogens (tertiary/aromatic N) is 4. The Morgan fingerprint density at radius 2 is 1.69 bits per heavy atom. The van der Waals surface area contributed by atoms with Crippen molar-refractivity contribution in [2.24, 2.45) is 15.9 Å². The summed E-state index contributed by atoms with van der Waals surface area (Å²) >= 11 is 0. The zero-order valence-electron chi connectivity index (χ0n) is 16.1. The second-order valence-electron chi connectivity index (χ2n) is 9.24. The van der Waals surface area contributed by atoms with E-state index in [-0.39, 0.29) is 6.04 Å². The van der Waals surface area contributed by atoms with E-state index in [0.29, 0.717) is 22.8 Å². The lowest BCUT2D eigenvalue weighted by atomic mass is 9.35. The molecule has 4 nitrogen and oxygen atoms in total. The van der Waals surface area contributed by atoms with E-state index in [1.54, 1.807) is 0 Å². The summed E-state index contributed by atoms with van der Waals surface area (Å²) in [4.78, 5) is 4.51. The van der Waals surface area contributed by atoms with Crippen LogP contribution in [0.25, 0.3) is 11.0 Å². The number of para-hydroxylation sites is 2. The molecule has 6 heteroatoms. The van der Waals surface area contributed by atoms with E-state index in [1.165, 1.54) is 36.9 Å². The Balaban J connectivity index is 1.14. The fourth-order valence-electron chi connectivity index (χ4n) is 6.09. The molecule has 7 rings (SSSR count). The zero-order valence-corrected chi connectivity index (χ0v) is 16.1. The van der Waals surface area contributed by atoms with E-state index in [0.717, 1.165) is 24.7 Å². The maximum absolute atomic E-state index is 13.7. The smallest absolute Gasteiger partial charge is 0.126 e. The van der Waals surface area contributed by atoms with Gasteiger partial charge in [0.2, 0.25) is 0 Å². The molecule has 3 saturated carbocycles. The number of benzene rings is 2. The molecule has 2 aromatic carbocycles. The lowest BCUT2D eigenvalue weighted by molar-refractivity contribution is -0.222. The third-order valence-corrected chi connectivity index (χ3v) is 6.97. The summed E-state index contributed by atoms with van der Waals surface area (Å²) in [6.45, 7) is 1.87. The highest BCUT2D eigenvalue weighted by atomic mass is 19.1. The second-order valence-corrected chi connectivity index (χ2v) is 9.24. The van der Waals surface area contributed by atoms with Crippen LogP contribution in [-0.2, 0) is 6.54 Å². The van der Waals surface area contributed by atoms with Crippen molar-refractivity contribution < 1.29 is 8.78 Å². The van der Waals surface area contributed by atoms with E-state index in [2.05, 4.69) is 32.9 Å².